The van der Waals surface area contributed by atoms with Gasteiger partial charge in [-0.15, -0.1) is 11.3 Å². The Morgan fingerprint density at radius 1 is 0.853 bits per heavy atom. The number of nitrogens with zero attached hydrogens (tertiary/aromatic N) is 3. The van der Waals surface area contributed by atoms with Gasteiger partial charge >= 0.3 is 0 Å². The van der Waals surface area contributed by atoms with Gasteiger partial charge in [-0.3, -0.25) is 14.8 Å². The van der Waals surface area contributed by atoms with Crippen molar-refractivity contribution in [2.24, 2.45) is 0 Å². The molecule has 0 aliphatic heterocycles. The maximum atomic E-state index is 12.8. The number of nitrogens with one attached hydrogen (secondary N) is 2. The third-order valence-electron chi connectivity index (χ3n) is 5.36. The SMILES string of the molecule is Cc1ccc(NC(=O)c2ccc(-c3ccncc3)cc2)cc1Nc1nc(-c2cccnc2)cs1. The molecule has 166 valence electrons. The molecule has 34 heavy (non-hydrogen) atoms. The summed E-state index contributed by atoms with van der Waals surface area (Å²) in [4.78, 5) is 25.7. The van der Waals surface area contributed by atoms with Crippen LogP contribution in [0.1, 0.15) is 15.9 Å². The molecule has 0 fully saturated rings. The van der Waals surface area contributed by atoms with Crippen LogP contribution in [-0.4, -0.2) is 20.9 Å². The predicted octanol–water partition coefficient (Wildman–Crippen LogP) is 6.57. The molecule has 0 unspecified atom stereocenters. The zero-order chi connectivity index (χ0) is 23.3. The summed E-state index contributed by atoms with van der Waals surface area (Å²) >= 11 is 1.52. The first-order valence-corrected chi connectivity index (χ1v) is 11.6. The van der Waals surface area contributed by atoms with E-state index in [0.717, 1.165) is 38.8 Å². The van der Waals surface area contributed by atoms with Crippen LogP contribution in [0.3, 0.4) is 0 Å². The number of amides is 1. The van der Waals surface area contributed by atoms with Crippen molar-refractivity contribution in [1.29, 1.82) is 0 Å². The van der Waals surface area contributed by atoms with E-state index in [-0.39, 0.29) is 5.91 Å². The van der Waals surface area contributed by atoms with Crippen molar-refractivity contribution in [3.05, 3.63) is 108 Å². The lowest BCUT2D eigenvalue weighted by Crippen LogP contribution is -2.12. The van der Waals surface area contributed by atoms with Crippen LogP contribution in [0, 0.1) is 6.92 Å². The summed E-state index contributed by atoms with van der Waals surface area (Å²) in [5.74, 6) is -0.163. The first-order valence-electron chi connectivity index (χ1n) is 10.7. The van der Waals surface area contributed by atoms with Crippen molar-refractivity contribution in [2.45, 2.75) is 6.92 Å². The lowest BCUT2D eigenvalue weighted by Gasteiger charge is -2.11. The number of aryl methyl sites for hydroxylation is 1. The second-order valence-corrected chi connectivity index (χ2v) is 8.56. The molecule has 2 aromatic carbocycles. The maximum Gasteiger partial charge on any atom is 0.255 e. The average Bonchev–Trinajstić information content (AvgIpc) is 3.36. The predicted molar refractivity (Wildman–Crippen MR) is 137 cm³/mol. The Morgan fingerprint density at radius 2 is 1.65 bits per heavy atom. The minimum atomic E-state index is -0.163. The first kappa shape index (κ1) is 21.5. The van der Waals surface area contributed by atoms with Crippen molar-refractivity contribution in [2.75, 3.05) is 10.6 Å². The van der Waals surface area contributed by atoms with Crippen LogP contribution in [0.25, 0.3) is 22.4 Å². The van der Waals surface area contributed by atoms with E-state index < -0.39 is 0 Å². The third kappa shape index (κ3) is 4.84. The fraction of sp³-hybridized carbons (Fsp3) is 0.0370. The van der Waals surface area contributed by atoms with Gasteiger partial charge in [0.25, 0.3) is 5.91 Å². The van der Waals surface area contributed by atoms with Gasteiger partial charge in [0.1, 0.15) is 0 Å². The molecule has 0 bridgehead atoms. The molecule has 0 atom stereocenters. The fourth-order valence-electron chi connectivity index (χ4n) is 3.49. The molecule has 0 spiro atoms. The molecule has 0 aliphatic rings. The van der Waals surface area contributed by atoms with E-state index in [1.165, 1.54) is 11.3 Å². The highest BCUT2D eigenvalue weighted by Gasteiger charge is 2.10. The van der Waals surface area contributed by atoms with E-state index in [1.807, 2.05) is 79.0 Å². The molecule has 0 saturated carbocycles. The van der Waals surface area contributed by atoms with Gasteiger partial charge in [0.05, 0.1) is 5.69 Å². The number of benzene rings is 2. The summed E-state index contributed by atoms with van der Waals surface area (Å²) in [6.45, 7) is 2.02. The number of aromatic nitrogens is 3. The zero-order valence-electron chi connectivity index (χ0n) is 18.4. The Bertz CT molecular complexity index is 1420. The molecule has 1 amide bonds. The third-order valence-corrected chi connectivity index (χ3v) is 6.12. The molecule has 3 heterocycles. The summed E-state index contributed by atoms with van der Waals surface area (Å²) < 4.78 is 0. The highest BCUT2D eigenvalue weighted by molar-refractivity contribution is 7.14. The molecular weight excluding hydrogens is 442 g/mol. The molecule has 3 aromatic heterocycles. The van der Waals surface area contributed by atoms with Gasteiger partial charge in [0.2, 0.25) is 0 Å². The molecule has 0 aliphatic carbocycles. The molecule has 5 aromatic rings. The number of anilines is 3. The minimum Gasteiger partial charge on any atom is -0.331 e. The van der Waals surface area contributed by atoms with Crippen LogP contribution in [0.4, 0.5) is 16.5 Å². The number of carbonyl (C=O) groups excluding carboxylic acids is 1. The van der Waals surface area contributed by atoms with E-state index in [9.17, 15) is 4.79 Å². The highest BCUT2D eigenvalue weighted by atomic mass is 32.1. The summed E-state index contributed by atoms with van der Waals surface area (Å²) in [5.41, 5.74) is 7.18. The second kappa shape index (κ2) is 9.64. The number of hydrogen-bond donors (Lipinski definition) is 2. The summed E-state index contributed by atoms with van der Waals surface area (Å²) in [6.07, 6.45) is 7.05. The van der Waals surface area contributed by atoms with Gasteiger partial charge in [-0.25, -0.2) is 4.98 Å². The van der Waals surface area contributed by atoms with Gasteiger partial charge in [-0.1, -0.05) is 18.2 Å². The quantitative estimate of drug-likeness (QED) is 0.298. The highest BCUT2D eigenvalue weighted by Crippen LogP contribution is 2.29. The van der Waals surface area contributed by atoms with Gasteiger partial charge in [-0.2, -0.15) is 0 Å². The van der Waals surface area contributed by atoms with E-state index in [1.54, 1.807) is 24.8 Å². The summed E-state index contributed by atoms with van der Waals surface area (Å²) in [5, 5.41) is 9.13. The molecular formula is C27H21N5OS. The number of rotatable bonds is 6. The Morgan fingerprint density at radius 3 is 2.41 bits per heavy atom. The van der Waals surface area contributed by atoms with Crippen molar-refractivity contribution in [3.63, 3.8) is 0 Å². The van der Waals surface area contributed by atoms with Crippen molar-refractivity contribution in [1.82, 2.24) is 15.0 Å². The molecule has 5 rings (SSSR count). The Balaban J connectivity index is 1.29. The van der Waals surface area contributed by atoms with Gasteiger partial charge in [0, 0.05) is 52.7 Å². The Kier molecular flexibility index (Phi) is 6.09. The Labute approximate surface area is 201 Å². The summed E-state index contributed by atoms with van der Waals surface area (Å²) in [6, 6.07) is 21.1. The summed E-state index contributed by atoms with van der Waals surface area (Å²) in [7, 11) is 0. The van der Waals surface area contributed by atoms with Gasteiger partial charge in [-0.05, 0) is 72.1 Å². The lowest BCUT2D eigenvalue weighted by molar-refractivity contribution is 0.102. The van der Waals surface area contributed by atoms with Crippen molar-refractivity contribution >= 4 is 33.8 Å². The number of pyridine rings is 2. The number of carbonyl (C=O) groups is 1. The normalized spacial score (nSPS) is 10.6. The van der Waals surface area contributed by atoms with E-state index >= 15 is 0 Å². The van der Waals surface area contributed by atoms with Gasteiger partial charge in [0.15, 0.2) is 5.13 Å². The lowest BCUT2D eigenvalue weighted by atomic mass is 10.0. The van der Waals surface area contributed by atoms with Crippen LogP contribution in [-0.2, 0) is 0 Å². The van der Waals surface area contributed by atoms with Gasteiger partial charge < -0.3 is 10.6 Å². The molecule has 2 N–H and O–H groups in total. The zero-order valence-corrected chi connectivity index (χ0v) is 19.2. The number of thiazole rings is 1. The largest absolute Gasteiger partial charge is 0.331 e. The van der Waals surface area contributed by atoms with Crippen LogP contribution < -0.4 is 10.6 Å². The topological polar surface area (TPSA) is 79.8 Å². The van der Waals surface area contributed by atoms with E-state index in [2.05, 4.69) is 25.6 Å². The maximum absolute atomic E-state index is 12.8. The fourth-order valence-corrected chi connectivity index (χ4v) is 4.22. The smallest absolute Gasteiger partial charge is 0.255 e. The van der Waals surface area contributed by atoms with Crippen molar-refractivity contribution < 1.29 is 4.79 Å². The standard InChI is InChI=1S/C27H21N5OS/c1-18-4-9-23(15-24(18)31-27-32-25(17-34-27)22-3-2-12-29-16-22)30-26(33)21-7-5-19(6-8-21)20-10-13-28-14-11-20/h2-17H,1H3,(H,30,33)(H,31,32). The van der Waals surface area contributed by atoms with E-state index in [0.29, 0.717) is 11.3 Å². The number of hydrogen-bond acceptors (Lipinski definition) is 6. The Hall–Kier alpha value is -4.36. The first-order chi connectivity index (χ1) is 16.7. The van der Waals surface area contributed by atoms with Crippen molar-refractivity contribution in [3.8, 4) is 22.4 Å². The second-order valence-electron chi connectivity index (χ2n) is 7.70. The van der Waals surface area contributed by atoms with Crippen LogP contribution in [0.5, 0.6) is 0 Å². The molecule has 6 nitrogen and oxygen atoms in total. The minimum absolute atomic E-state index is 0.163. The molecule has 0 saturated heterocycles. The van der Waals surface area contributed by atoms with Crippen LogP contribution in [0.15, 0.2) is 96.9 Å². The molecule has 0 radical (unpaired) electrons. The van der Waals surface area contributed by atoms with Crippen LogP contribution in [0.2, 0.25) is 0 Å². The average molecular weight is 464 g/mol. The monoisotopic (exact) mass is 463 g/mol. The molecule has 7 heteroatoms. The van der Waals surface area contributed by atoms with E-state index in [4.69, 9.17) is 0 Å². The van der Waals surface area contributed by atoms with Crippen LogP contribution >= 0.6 is 11.3 Å².